The quantitative estimate of drug-likeness (QED) is 0.342. The van der Waals surface area contributed by atoms with Gasteiger partial charge in [0.05, 0.1) is 18.3 Å². The van der Waals surface area contributed by atoms with Crippen LogP contribution in [0.25, 0.3) is 0 Å². The van der Waals surface area contributed by atoms with Crippen LogP contribution in [-0.2, 0) is 0 Å². The molecular formula is C31H44O4. The molecule has 3 fully saturated rings. The van der Waals surface area contributed by atoms with Crippen LogP contribution < -0.4 is 0 Å². The van der Waals surface area contributed by atoms with Gasteiger partial charge in [0.1, 0.15) is 5.75 Å². The fourth-order valence-electron chi connectivity index (χ4n) is 7.34. The van der Waals surface area contributed by atoms with E-state index in [1.54, 1.807) is 17.7 Å². The Morgan fingerprint density at radius 3 is 2.43 bits per heavy atom. The average molecular weight is 481 g/mol. The Kier molecular flexibility index (Phi) is 8.25. The summed E-state index contributed by atoms with van der Waals surface area (Å²) in [5.74, 6) is 2.19. The highest BCUT2D eigenvalue weighted by atomic mass is 16.3. The summed E-state index contributed by atoms with van der Waals surface area (Å²) in [6.45, 7) is 8.74. The van der Waals surface area contributed by atoms with E-state index in [1.807, 2.05) is 12.1 Å². The van der Waals surface area contributed by atoms with Gasteiger partial charge in [0.15, 0.2) is 0 Å². The van der Waals surface area contributed by atoms with Crippen molar-refractivity contribution in [2.75, 3.05) is 0 Å². The van der Waals surface area contributed by atoms with Crippen LogP contribution in [0.2, 0.25) is 0 Å². The molecule has 1 aromatic rings. The summed E-state index contributed by atoms with van der Waals surface area (Å²) < 4.78 is 0. The van der Waals surface area contributed by atoms with Gasteiger partial charge in [-0.1, -0.05) is 68.7 Å². The number of benzene rings is 1. The molecule has 3 saturated carbocycles. The van der Waals surface area contributed by atoms with Gasteiger partial charge in [-0.05, 0) is 97.8 Å². The van der Waals surface area contributed by atoms with Gasteiger partial charge in [0.25, 0.3) is 0 Å². The van der Waals surface area contributed by atoms with Crippen molar-refractivity contribution in [3.8, 4) is 5.75 Å². The summed E-state index contributed by atoms with van der Waals surface area (Å²) in [5, 5.41) is 40.4. The molecule has 0 aromatic heterocycles. The summed E-state index contributed by atoms with van der Waals surface area (Å²) in [4.78, 5) is 0. The fourth-order valence-corrected chi connectivity index (χ4v) is 7.34. The minimum atomic E-state index is -0.635. The Bertz CT molecular complexity index is 929. The van der Waals surface area contributed by atoms with E-state index in [1.165, 1.54) is 25.7 Å². The molecule has 0 bridgehead atoms. The zero-order chi connectivity index (χ0) is 25.2. The predicted molar refractivity (Wildman–Crippen MR) is 141 cm³/mol. The first kappa shape index (κ1) is 26.2. The van der Waals surface area contributed by atoms with Crippen molar-refractivity contribution in [1.29, 1.82) is 0 Å². The van der Waals surface area contributed by atoms with Crippen molar-refractivity contribution in [2.45, 2.75) is 96.4 Å². The predicted octanol–water partition coefficient (Wildman–Crippen LogP) is 6.37. The number of phenols is 1. The van der Waals surface area contributed by atoms with Crippen LogP contribution in [-0.4, -0.2) is 32.6 Å². The van der Waals surface area contributed by atoms with E-state index < -0.39 is 18.3 Å². The van der Waals surface area contributed by atoms with Gasteiger partial charge in [-0.3, -0.25) is 0 Å². The largest absolute Gasteiger partial charge is 0.508 e. The molecule has 3 aliphatic carbocycles. The molecule has 4 N–H and O–H groups in total. The first-order chi connectivity index (χ1) is 16.7. The van der Waals surface area contributed by atoms with Crippen LogP contribution in [0.4, 0.5) is 0 Å². The molecule has 4 nitrogen and oxygen atoms in total. The van der Waals surface area contributed by atoms with Crippen molar-refractivity contribution in [3.63, 3.8) is 0 Å². The molecule has 1 unspecified atom stereocenters. The highest BCUT2D eigenvalue weighted by Crippen LogP contribution is 2.60. The topological polar surface area (TPSA) is 80.9 Å². The highest BCUT2D eigenvalue weighted by molar-refractivity contribution is 5.30. The number of aliphatic hydroxyl groups is 3. The molecule has 0 amide bonds. The van der Waals surface area contributed by atoms with Crippen LogP contribution in [0.5, 0.6) is 5.75 Å². The van der Waals surface area contributed by atoms with E-state index in [0.717, 1.165) is 36.8 Å². The standard InChI is InChI=1S/C31H44O4/c1-20(6-4-8-28(33)24-11-13-25(32)14-12-24)26-15-16-27-23(7-5-17-31(26,27)3)10-9-22-18-29(34)21(2)30(35)19-22/h9-14,20,26-30,32-35H,2,4-8,15-19H2,1,3H3/b23-10+/t20-,26-,27+,28?,29-,30-,31-/m1/s1. The van der Waals surface area contributed by atoms with E-state index in [2.05, 4.69) is 32.6 Å². The number of aliphatic hydroxyl groups excluding tert-OH is 3. The van der Waals surface area contributed by atoms with Crippen molar-refractivity contribution in [2.24, 2.45) is 23.2 Å². The summed E-state index contributed by atoms with van der Waals surface area (Å²) in [6.07, 6.45) is 13.0. The van der Waals surface area contributed by atoms with E-state index in [4.69, 9.17) is 0 Å². The average Bonchev–Trinajstić information content (AvgIpc) is 3.19. The van der Waals surface area contributed by atoms with Crippen LogP contribution in [0, 0.1) is 23.2 Å². The maximum absolute atomic E-state index is 10.5. The minimum absolute atomic E-state index is 0.232. The molecule has 35 heavy (non-hydrogen) atoms. The molecule has 4 heteroatoms. The number of aromatic hydroxyl groups is 1. The monoisotopic (exact) mass is 480 g/mol. The number of phenolic OH excluding ortho intramolecular Hbond substituents is 1. The van der Waals surface area contributed by atoms with Crippen molar-refractivity contribution in [1.82, 2.24) is 0 Å². The van der Waals surface area contributed by atoms with Gasteiger partial charge in [0, 0.05) is 0 Å². The first-order valence-electron chi connectivity index (χ1n) is 13.6. The number of fused-ring (bicyclic) bond motifs is 1. The number of hydrogen-bond donors (Lipinski definition) is 4. The molecular weight excluding hydrogens is 436 g/mol. The fraction of sp³-hybridized carbons (Fsp3) is 0.613. The Hall–Kier alpha value is -1.88. The van der Waals surface area contributed by atoms with Gasteiger partial charge < -0.3 is 20.4 Å². The second-order valence-electron chi connectivity index (χ2n) is 11.7. The zero-order valence-corrected chi connectivity index (χ0v) is 21.5. The molecule has 192 valence electrons. The molecule has 0 aliphatic heterocycles. The van der Waals surface area contributed by atoms with Gasteiger partial charge in [-0.2, -0.15) is 0 Å². The third-order valence-corrected chi connectivity index (χ3v) is 9.44. The van der Waals surface area contributed by atoms with E-state index >= 15 is 0 Å². The second-order valence-corrected chi connectivity index (χ2v) is 11.7. The lowest BCUT2D eigenvalue weighted by Gasteiger charge is -2.44. The molecule has 7 atom stereocenters. The third kappa shape index (κ3) is 5.76. The highest BCUT2D eigenvalue weighted by Gasteiger charge is 2.50. The summed E-state index contributed by atoms with van der Waals surface area (Å²) in [7, 11) is 0. The Morgan fingerprint density at radius 2 is 1.74 bits per heavy atom. The summed E-state index contributed by atoms with van der Waals surface area (Å²) in [6, 6.07) is 6.89. The molecule has 0 heterocycles. The lowest BCUT2D eigenvalue weighted by Crippen LogP contribution is -2.36. The lowest BCUT2D eigenvalue weighted by molar-refractivity contribution is 0.0898. The summed E-state index contributed by atoms with van der Waals surface area (Å²) >= 11 is 0. The zero-order valence-electron chi connectivity index (χ0n) is 21.5. The second kappa shape index (κ2) is 11.0. The number of allylic oxidation sites excluding steroid dienone is 3. The smallest absolute Gasteiger partial charge is 0.115 e. The molecule has 1 aromatic carbocycles. The van der Waals surface area contributed by atoms with E-state index in [0.29, 0.717) is 41.6 Å². The summed E-state index contributed by atoms with van der Waals surface area (Å²) in [5.41, 5.74) is 4.42. The van der Waals surface area contributed by atoms with Crippen molar-refractivity contribution in [3.05, 3.63) is 65.3 Å². The Morgan fingerprint density at radius 1 is 1.06 bits per heavy atom. The SMILES string of the molecule is C=C1[C@H](O)CC(=C/C=C2\CCC[C@]3(C)[C@@H]([C@H](C)CCCC(O)c4ccc(O)cc4)CC[C@@H]23)C[C@H]1O. The van der Waals surface area contributed by atoms with E-state index in [-0.39, 0.29) is 5.75 Å². The molecule has 0 saturated heterocycles. The lowest BCUT2D eigenvalue weighted by atomic mass is 9.60. The van der Waals surface area contributed by atoms with Crippen molar-refractivity contribution >= 4 is 0 Å². The maximum atomic E-state index is 10.5. The van der Waals surface area contributed by atoms with Gasteiger partial charge >= 0.3 is 0 Å². The van der Waals surface area contributed by atoms with Crippen molar-refractivity contribution < 1.29 is 20.4 Å². The molecule has 4 rings (SSSR count). The van der Waals surface area contributed by atoms with Gasteiger partial charge in [-0.25, -0.2) is 0 Å². The maximum Gasteiger partial charge on any atom is 0.115 e. The Labute approximate surface area is 211 Å². The number of hydrogen-bond acceptors (Lipinski definition) is 4. The normalized spacial score (nSPS) is 34.0. The van der Waals surface area contributed by atoms with Crippen LogP contribution in [0.3, 0.4) is 0 Å². The first-order valence-corrected chi connectivity index (χ1v) is 13.6. The van der Waals surface area contributed by atoms with Crippen LogP contribution >= 0.6 is 0 Å². The minimum Gasteiger partial charge on any atom is -0.508 e. The third-order valence-electron chi connectivity index (χ3n) is 9.44. The molecule has 0 spiro atoms. The van der Waals surface area contributed by atoms with Crippen LogP contribution in [0.15, 0.2) is 59.7 Å². The van der Waals surface area contributed by atoms with Gasteiger partial charge in [0.2, 0.25) is 0 Å². The Balaban J connectivity index is 1.35. The number of rotatable bonds is 7. The van der Waals surface area contributed by atoms with E-state index in [9.17, 15) is 20.4 Å². The van der Waals surface area contributed by atoms with Crippen LogP contribution in [0.1, 0.15) is 89.7 Å². The van der Waals surface area contributed by atoms with Gasteiger partial charge in [-0.15, -0.1) is 0 Å². The molecule has 0 radical (unpaired) electrons. The molecule has 3 aliphatic rings.